The highest BCUT2D eigenvalue weighted by Crippen LogP contribution is 2.30. The van der Waals surface area contributed by atoms with Gasteiger partial charge in [0.1, 0.15) is 5.54 Å². The first-order chi connectivity index (χ1) is 6.96. The van der Waals surface area contributed by atoms with Crippen LogP contribution in [0.15, 0.2) is 0 Å². The van der Waals surface area contributed by atoms with E-state index in [1.165, 1.54) is 0 Å². The molecule has 3 heteroatoms. The van der Waals surface area contributed by atoms with Crippen molar-refractivity contribution in [1.29, 1.82) is 0 Å². The van der Waals surface area contributed by atoms with Gasteiger partial charge < -0.3 is 5.11 Å². The van der Waals surface area contributed by atoms with E-state index in [2.05, 4.69) is 26.1 Å². The molecule has 1 rings (SSSR count). The molecule has 88 valence electrons. The summed E-state index contributed by atoms with van der Waals surface area (Å²) in [5, 5.41) is 12.6. The van der Waals surface area contributed by atoms with Crippen molar-refractivity contribution in [3.05, 3.63) is 0 Å². The summed E-state index contributed by atoms with van der Waals surface area (Å²) in [4.78, 5) is 11.3. The zero-order valence-electron chi connectivity index (χ0n) is 10.0. The van der Waals surface area contributed by atoms with Gasteiger partial charge in [0.05, 0.1) is 0 Å². The summed E-state index contributed by atoms with van der Waals surface area (Å²) in [5.74, 6) is -0.0599. The monoisotopic (exact) mass is 213 g/mol. The van der Waals surface area contributed by atoms with Crippen LogP contribution in [0.25, 0.3) is 0 Å². The number of carbonyl (C=O) groups is 1. The van der Waals surface area contributed by atoms with Crippen LogP contribution in [0, 0.1) is 5.92 Å². The molecule has 0 radical (unpaired) electrons. The van der Waals surface area contributed by atoms with Crippen LogP contribution in [-0.4, -0.2) is 22.7 Å². The van der Waals surface area contributed by atoms with E-state index in [0.717, 1.165) is 32.1 Å². The third-order valence-corrected chi connectivity index (χ3v) is 3.21. The molecule has 0 saturated heterocycles. The Hall–Kier alpha value is -0.570. The maximum atomic E-state index is 11.3. The molecule has 1 atom stereocenters. The maximum absolute atomic E-state index is 11.3. The fourth-order valence-corrected chi connectivity index (χ4v) is 2.64. The molecule has 0 heterocycles. The summed E-state index contributed by atoms with van der Waals surface area (Å²) in [6.45, 7) is 6.42. The molecule has 1 unspecified atom stereocenters. The normalized spacial score (nSPS) is 21.9. The molecule has 2 N–H and O–H groups in total. The minimum atomic E-state index is -0.671. The van der Waals surface area contributed by atoms with Gasteiger partial charge in [-0.15, -0.1) is 0 Å². The van der Waals surface area contributed by atoms with Crippen LogP contribution in [0.4, 0.5) is 0 Å². The Morgan fingerprint density at radius 1 is 1.33 bits per heavy atom. The van der Waals surface area contributed by atoms with Crippen molar-refractivity contribution in [3.63, 3.8) is 0 Å². The Labute approximate surface area is 92.3 Å². The topological polar surface area (TPSA) is 49.3 Å². The second kappa shape index (κ2) is 4.97. The van der Waals surface area contributed by atoms with Crippen molar-refractivity contribution >= 4 is 5.97 Å². The average molecular weight is 213 g/mol. The van der Waals surface area contributed by atoms with E-state index >= 15 is 0 Å². The van der Waals surface area contributed by atoms with E-state index in [9.17, 15) is 9.90 Å². The minimum absolute atomic E-state index is 0.291. The van der Waals surface area contributed by atoms with Crippen molar-refractivity contribution in [2.45, 2.75) is 64.5 Å². The Morgan fingerprint density at radius 3 is 2.27 bits per heavy atom. The van der Waals surface area contributed by atoms with Crippen molar-refractivity contribution in [2.75, 3.05) is 0 Å². The van der Waals surface area contributed by atoms with E-state index < -0.39 is 11.5 Å². The summed E-state index contributed by atoms with van der Waals surface area (Å²) >= 11 is 0. The number of carboxylic acids is 1. The molecule has 0 aromatic heterocycles. The fraction of sp³-hybridized carbons (Fsp3) is 0.917. The smallest absolute Gasteiger partial charge is 0.323 e. The van der Waals surface area contributed by atoms with Crippen LogP contribution >= 0.6 is 0 Å². The average Bonchev–Trinajstić information content (AvgIpc) is 2.52. The van der Waals surface area contributed by atoms with Crippen LogP contribution in [0.3, 0.4) is 0 Å². The number of nitrogens with one attached hydrogen (secondary N) is 1. The summed E-state index contributed by atoms with van der Waals surface area (Å²) in [6, 6.07) is 0.291. The molecule has 1 aliphatic rings. The van der Waals surface area contributed by atoms with Gasteiger partial charge in [-0.1, -0.05) is 26.7 Å². The number of carboxylic acid groups (broad SMARTS) is 1. The first kappa shape index (κ1) is 12.5. The van der Waals surface area contributed by atoms with E-state index in [0.29, 0.717) is 12.0 Å². The van der Waals surface area contributed by atoms with E-state index in [1.54, 1.807) is 0 Å². The number of aliphatic carboxylic acids is 1. The molecule has 1 saturated carbocycles. The Balaban J connectivity index is 2.55. The summed E-state index contributed by atoms with van der Waals surface area (Å²) in [6.07, 6.45) is 4.67. The molecule has 3 nitrogen and oxygen atoms in total. The summed E-state index contributed by atoms with van der Waals surface area (Å²) in [7, 11) is 0. The number of rotatable bonds is 5. The molecular weight excluding hydrogens is 190 g/mol. The first-order valence-electron chi connectivity index (χ1n) is 5.97. The van der Waals surface area contributed by atoms with Gasteiger partial charge in [0, 0.05) is 6.04 Å². The lowest BCUT2D eigenvalue weighted by Gasteiger charge is -2.30. The van der Waals surface area contributed by atoms with Gasteiger partial charge in [0.2, 0.25) is 0 Å². The largest absolute Gasteiger partial charge is 0.480 e. The highest BCUT2D eigenvalue weighted by Gasteiger charge is 2.41. The van der Waals surface area contributed by atoms with Crippen molar-refractivity contribution in [3.8, 4) is 0 Å². The quantitative estimate of drug-likeness (QED) is 0.737. The van der Waals surface area contributed by atoms with Crippen molar-refractivity contribution in [1.82, 2.24) is 5.32 Å². The molecule has 15 heavy (non-hydrogen) atoms. The SMILES string of the molecule is CC(C)CC(C)NC1(C(=O)O)CCCC1. The lowest BCUT2D eigenvalue weighted by Crippen LogP contribution is -2.53. The van der Waals surface area contributed by atoms with E-state index in [-0.39, 0.29) is 0 Å². The summed E-state index contributed by atoms with van der Waals surface area (Å²) in [5.41, 5.74) is -0.631. The van der Waals surface area contributed by atoms with Gasteiger partial charge in [-0.25, -0.2) is 0 Å². The highest BCUT2D eigenvalue weighted by molar-refractivity contribution is 5.79. The van der Waals surface area contributed by atoms with Gasteiger partial charge in [-0.2, -0.15) is 0 Å². The number of hydrogen-bond acceptors (Lipinski definition) is 2. The zero-order chi connectivity index (χ0) is 11.5. The van der Waals surface area contributed by atoms with E-state index in [4.69, 9.17) is 0 Å². The molecule has 1 aliphatic carbocycles. The Kier molecular flexibility index (Phi) is 4.14. The first-order valence-corrected chi connectivity index (χ1v) is 5.97. The van der Waals surface area contributed by atoms with Gasteiger partial charge >= 0.3 is 5.97 Å². The molecule has 0 aromatic carbocycles. The van der Waals surface area contributed by atoms with Crippen LogP contribution < -0.4 is 5.32 Å². The predicted octanol–water partition coefficient (Wildman–Crippen LogP) is 2.41. The molecule has 0 amide bonds. The van der Waals surface area contributed by atoms with Gasteiger partial charge in [-0.3, -0.25) is 10.1 Å². The van der Waals surface area contributed by atoms with Crippen LogP contribution in [-0.2, 0) is 4.79 Å². The van der Waals surface area contributed by atoms with Gasteiger partial charge in [-0.05, 0) is 32.1 Å². The summed E-state index contributed by atoms with van der Waals surface area (Å²) < 4.78 is 0. The van der Waals surface area contributed by atoms with E-state index in [1.807, 2.05) is 0 Å². The third-order valence-electron chi connectivity index (χ3n) is 3.21. The third kappa shape index (κ3) is 3.20. The van der Waals surface area contributed by atoms with Crippen molar-refractivity contribution < 1.29 is 9.90 Å². The fourth-order valence-electron chi connectivity index (χ4n) is 2.64. The predicted molar refractivity (Wildman–Crippen MR) is 60.9 cm³/mol. The van der Waals surface area contributed by atoms with Crippen LogP contribution in [0.5, 0.6) is 0 Å². The maximum Gasteiger partial charge on any atom is 0.323 e. The molecule has 0 bridgehead atoms. The van der Waals surface area contributed by atoms with Gasteiger partial charge in [0.25, 0.3) is 0 Å². The minimum Gasteiger partial charge on any atom is -0.480 e. The molecule has 0 aromatic rings. The molecule has 0 spiro atoms. The van der Waals surface area contributed by atoms with Crippen LogP contribution in [0.1, 0.15) is 52.9 Å². The molecule has 1 fully saturated rings. The lowest BCUT2D eigenvalue weighted by molar-refractivity contribution is -0.145. The Bertz CT molecular complexity index is 220. The highest BCUT2D eigenvalue weighted by atomic mass is 16.4. The molecule has 0 aliphatic heterocycles. The van der Waals surface area contributed by atoms with Crippen LogP contribution in [0.2, 0.25) is 0 Å². The standard InChI is InChI=1S/C12H23NO2/c1-9(2)8-10(3)13-12(11(14)15)6-4-5-7-12/h9-10,13H,4-8H2,1-3H3,(H,14,15). The second-order valence-corrected chi connectivity index (χ2v) is 5.27. The Morgan fingerprint density at radius 2 is 1.87 bits per heavy atom. The molecular formula is C12H23NO2. The second-order valence-electron chi connectivity index (χ2n) is 5.27. The zero-order valence-corrected chi connectivity index (χ0v) is 10.0. The lowest BCUT2D eigenvalue weighted by atomic mass is 9.94. The van der Waals surface area contributed by atoms with Crippen molar-refractivity contribution in [2.24, 2.45) is 5.92 Å². The number of hydrogen-bond donors (Lipinski definition) is 2. The van der Waals surface area contributed by atoms with Gasteiger partial charge in [0.15, 0.2) is 0 Å².